The highest BCUT2D eigenvalue weighted by atomic mass is 35.5. The van der Waals surface area contributed by atoms with Crippen LogP contribution in [0.4, 0.5) is 0 Å². The van der Waals surface area contributed by atoms with Gasteiger partial charge in [0, 0.05) is 12.1 Å². The van der Waals surface area contributed by atoms with Gasteiger partial charge in [0.25, 0.3) is 0 Å². The van der Waals surface area contributed by atoms with E-state index in [0.29, 0.717) is 25.2 Å². The smallest absolute Gasteiger partial charge is 0.354 e. The van der Waals surface area contributed by atoms with Crippen molar-refractivity contribution >= 4 is 18.4 Å². The van der Waals surface area contributed by atoms with Gasteiger partial charge < -0.3 is 15.6 Å². The van der Waals surface area contributed by atoms with Crippen molar-refractivity contribution in [2.75, 3.05) is 13.7 Å². The third-order valence-corrected chi connectivity index (χ3v) is 2.96. The maximum Gasteiger partial charge on any atom is 0.354 e. The van der Waals surface area contributed by atoms with Gasteiger partial charge in [0.15, 0.2) is 0 Å². The van der Waals surface area contributed by atoms with Crippen molar-refractivity contribution in [2.45, 2.75) is 13.0 Å². The molecule has 1 aromatic carbocycles. The SMILES string of the molecule is COc1ccc(-c2cc(C(=O)O)n(CCCN)n2)cc1.Cl. The number of aryl methyl sites for hydroxylation is 1. The highest BCUT2D eigenvalue weighted by Gasteiger charge is 2.14. The molecule has 1 heterocycles. The fourth-order valence-corrected chi connectivity index (χ4v) is 1.90. The quantitative estimate of drug-likeness (QED) is 0.852. The number of carboxylic acids is 1. The number of halogens is 1. The van der Waals surface area contributed by atoms with E-state index in [1.807, 2.05) is 24.3 Å². The Kier molecular flexibility index (Phi) is 6.20. The topological polar surface area (TPSA) is 90.4 Å². The van der Waals surface area contributed by atoms with E-state index in [2.05, 4.69) is 5.10 Å². The monoisotopic (exact) mass is 311 g/mol. The van der Waals surface area contributed by atoms with Gasteiger partial charge in [0.1, 0.15) is 11.4 Å². The van der Waals surface area contributed by atoms with Gasteiger partial charge in [0.2, 0.25) is 0 Å². The average molecular weight is 312 g/mol. The van der Waals surface area contributed by atoms with E-state index in [-0.39, 0.29) is 18.1 Å². The Hall–Kier alpha value is -2.05. The fourth-order valence-electron chi connectivity index (χ4n) is 1.90. The zero-order valence-electron chi connectivity index (χ0n) is 11.7. The van der Waals surface area contributed by atoms with E-state index >= 15 is 0 Å². The highest BCUT2D eigenvalue weighted by Crippen LogP contribution is 2.22. The molecule has 0 spiro atoms. The van der Waals surface area contributed by atoms with Gasteiger partial charge in [-0.3, -0.25) is 4.68 Å². The first-order valence-electron chi connectivity index (χ1n) is 6.31. The summed E-state index contributed by atoms with van der Waals surface area (Å²) in [5.41, 5.74) is 7.09. The molecule has 0 amide bonds. The van der Waals surface area contributed by atoms with E-state index in [1.165, 1.54) is 4.68 Å². The Morgan fingerprint density at radius 2 is 2.05 bits per heavy atom. The summed E-state index contributed by atoms with van der Waals surface area (Å²) < 4.78 is 6.57. The first-order chi connectivity index (χ1) is 9.65. The number of carboxylic acid groups (broad SMARTS) is 1. The Labute approximate surface area is 128 Å². The van der Waals surface area contributed by atoms with Crippen molar-refractivity contribution < 1.29 is 14.6 Å². The first kappa shape index (κ1) is 17.0. The Bertz CT molecular complexity index is 596. The van der Waals surface area contributed by atoms with Crippen LogP contribution in [0, 0.1) is 0 Å². The van der Waals surface area contributed by atoms with Gasteiger partial charge in [-0.1, -0.05) is 0 Å². The predicted molar refractivity (Wildman–Crippen MR) is 82.1 cm³/mol. The van der Waals surface area contributed by atoms with E-state index in [9.17, 15) is 9.90 Å². The molecule has 0 atom stereocenters. The molecule has 3 N–H and O–H groups in total. The van der Waals surface area contributed by atoms with Crippen molar-refractivity contribution in [3.05, 3.63) is 36.0 Å². The summed E-state index contributed by atoms with van der Waals surface area (Å²) in [7, 11) is 1.60. The molecule has 0 aliphatic carbocycles. The summed E-state index contributed by atoms with van der Waals surface area (Å²) in [6, 6.07) is 8.89. The molecular weight excluding hydrogens is 294 g/mol. The molecular formula is C14H18ClN3O3. The van der Waals surface area contributed by atoms with Crippen LogP contribution in [0.5, 0.6) is 5.75 Å². The lowest BCUT2D eigenvalue weighted by Gasteiger charge is -2.02. The van der Waals surface area contributed by atoms with Crippen LogP contribution in [-0.2, 0) is 6.54 Å². The van der Waals surface area contributed by atoms with Gasteiger partial charge in [-0.05, 0) is 43.3 Å². The molecule has 21 heavy (non-hydrogen) atoms. The molecule has 0 saturated heterocycles. The van der Waals surface area contributed by atoms with Gasteiger partial charge in [-0.15, -0.1) is 12.4 Å². The summed E-state index contributed by atoms with van der Waals surface area (Å²) in [5, 5.41) is 13.5. The van der Waals surface area contributed by atoms with Crippen LogP contribution in [-0.4, -0.2) is 34.5 Å². The number of benzene rings is 1. The van der Waals surface area contributed by atoms with Crippen LogP contribution in [0.15, 0.2) is 30.3 Å². The van der Waals surface area contributed by atoms with Crippen molar-refractivity contribution in [1.29, 1.82) is 0 Å². The van der Waals surface area contributed by atoms with Gasteiger partial charge in [-0.2, -0.15) is 5.10 Å². The minimum atomic E-state index is -0.991. The normalized spacial score (nSPS) is 10.0. The Balaban J connectivity index is 0.00000220. The third kappa shape index (κ3) is 3.96. The second-order valence-corrected chi connectivity index (χ2v) is 4.31. The summed E-state index contributed by atoms with van der Waals surface area (Å²) in [4.78, 5) is 11.2. The molecule has 0 saturated carbocycles. The molecule has 0 fully saturated rings. The molecule has 114 valence electrons. The minimum Gasteiger partial charge on any atom is -0.497 e. The molecule has 0 aliphatic heterocycles. The fraction of sp³-hybridized carbons (Fsp3) is 0.286. The lowest BCUT2D eigenvalue weighted by Crippen LogP contribution is -2.12. The predicted octanol–water partition coefficient (Wildman–Crippen LogP) is 2.03. The van der Waals surface area contributed by atoms with Gasteiger partial charge in [0.05, 0.1) is 12.8 Å². The Morgan fingerprint density at radius 3 is 2.57 bits per heavy atom. The maximum atomic E-state index is 11.2. The van der Waals surface area contributed by atoms with Crippen molar-refractivity contribution in [3.8, 4) is 17.0 Å². The molecule has 2 rings (SSSR count). The summed E-state index contributed by atoms with van der Waals surface area (Å²) in [5.74, 6) is -0.246. The molecule has 0 bridgehead atoms. The molecule has 1 aromatic heterocycles. The summed E-state index contributed by atoms with van der Waals surface area (Å²) in [6.07, 6.45) is 0.685. The summed E-state index contributed by atoms with van der Waals surface area (Å²) >= 11 is 0. The second-order valence-electron chi connectivity index (χ2n) is 4.31. The minimum absolute atomic E-state index is 0. The lowest BCUT2D eigenvalue weighted by molar-refractivity contribution is 0.0683. The maximum absolute atomic E-state index is 11.2. The molecule has 7 heteroatoms. The average Bonchev–Trinajstić information content (AvgIpc) is 2.89. The molecule has 0 aliphatic rings. The number of nitrogens with zero attached hydrogens (tertiary/aromatic N) is 2. The van der Waals surface area contributed by atoms with Crippen molar-refractivity contribution in [3.63, 3.8) is 0 Å². The standard InChI is InChI=1S/C14H17N3O3.ClH/c1-20-11-5-3-10(4-6-11)12-9-13(14(18)19)17(16-12)8-2-7-15;/h3-6,9H,2,7-8,15H2,1H3,(H,18,19);1H. The number of methoxy groups -OCH3 is 1. The van der Waals surface area contributed by atoms with Gasteiger partial charge in [-0.25, -0.2) is 4.79 Å². The zero-order chi connectivity index (χ0) is 14.5. The Morgan fingerprint density at radius 1 is 1.38 bits per heavy atom. The van der Waals surface area contributed by atoms with Crippen LogP contribution < -0.4 is 10.5 Å². The number of carbonyl (C=O) groups is 1. The second kappa shape index (κ2) is 7.66. The largest absolute Gasteiger partial charge is 0.497 e. The number of hydrogen-bond donors (Lipinski definition) is 2. The van der Waals surface area contributed by atoms with Crippen LogP contribution in [0.25, 0.3) is 11.3 Å². The third-order valence-electron chi connectivity index (χ3n) is 2.96. The number of nitrogens with two attached hydrogens (primary N) is 1. The van der Waals surface area contributed by atoms with E-state index in [0.717, 1.165) is 11.3 Å². The van der Waals surface area contributed by atoms with Crippen molar-refractivity contribution in [1.82, 2.24) is 9.78 Å². The van der Waals surface area contributed by atoms with E-state index < -0.39 is 5.97 Å². The van der Waals surface area contributed by atoms with Crippen LogP contribution in [0.1, 0.15) is 16.9 Å². The van der Waals surface area contributed by atoms with E-state index in [1.54, 1.807) is 13.2 Å². The zero-order valence-corrected chi connectivity index (χ0v) is 12.5. The van der Waals surface area contributed by atoms with Crippen LogP contribution >= 0.6 is 12.4 Å². The van der Waals surface area contributed by atoms with Crippen LogP contribution in [0.3, 0.4) is 0 Å². The number of hydrogen-bond acceptors (Lipinski definition) is 4. The van der Waals surface area contributed by atoms with Gasteiger partial charge >= 0.3 is 5.97 Å². The van der Waals surface area contributed by atoms with Crippen molar-refractivity contribution in [2.24, 2.45) is 5.73 Å². The molecule has 2 aromatic rings. The number of aromatic carboxylic acids is 1. The summed E-state index contributed by atoms with van der Waals surface area (Å²) in [6.45, 7) is 0.991. The lowest BCUT2D eigenvalue weighted by atomic mass is 10.1. The number of ether oxygens (including phenoxy) is 1. The van der Waals surface area contributed by atoms with E-state index in [4.69, 9.17) is 10.5 Å². The van der Waals surface area contributed by atoms with Crippen LogP contribution in [0.2, 0.25) is 0 Å². The number of aromatic nitrogens is 2. The highest BCUT2D eigenvalue weighted by molar-refractivity contribution is 5.87. The molecule has 0 radical (unpaired) electrons. The molecule has 6 nitrogen and oxygen atoms in total. The first-order valence-corrected chi connectivity index (χ1v) is 6.31. The number of rotatable bonds is 6. The molecule has 0 unspecified atom stereocenters.